The minimum Gasteiger partial charge on any atom is -0.481 e. The van der Waals surface area contributed by atoms with E-state index < -0.39 is 17.2 Å². The molecule has 1 aromatic carbocycles. The van der Waals surface area contributed by atoms with Gasteiger partial charge in [-0.15, -0.1) is 0 Å². The van der Waals surface area contributed by atoms with E-state index in [0.717, 1.165) is 11.8 Å². The summed E-state index contributed by atoms with van der Waals surface area (Å²) in [6.07, 6.45) is -0.0551. The van der Waals surface area contributed by atoms with Crippen molar-refractivity contribution in [2.75, 3.05) is 5.75 Å². The number of halogens is 1. The Balaban J connectivity index is 1.98. The molecule has 3 N–H and O–H groups in total. The van der Waals surface area contributed by atoms with Gasteiger partial charge in [-0.05, 0) is 17.7 Å². The molecule has 2 aromatic heterocycles. The summed E-state index contributed by atoms with van der Waals surface area (Å²) < 4.78 is 14.3. The number of fused-ring (bicyclic) bond motifs is 1. The Labute approximate surface area is 143 Å². The van der Waals surface area contributed by atoms with Crippen molar-refractivity contribution in [3.8, 4) is 0 Å². The minimum atomic E-state index is -0.935. The Hall–Kier alpha value is -2.88. The molecule has 0 aliphatic heterocycles. The number of carboxylic acids is 1. The molecular weight excluding hydrogens is 351 g/mol. The summed E-state index contributed by atoms with van der Waals surface area (Å²) in [6, 6.07) is 5.63. The standard InChI is InChI=1S/C15H13FN4O4S/c16-9-3-1-8(2-4-9)7-20-12-11(13(23)19-15(20)24)17-14(18-12)25-6-5-10(21)22/h1-4H,5-7H2,(H,17,18)(H,21,22)(H,19,23,24). The van der Waals surface area contributed by atoms with Gasteiger partial charge in [0.2, 0.25) is 0 Å². The highest BCUT2D eigenvalue weighted by Gasteiger charge is 2.14. The van der Waals surface area contributed by atoms with Gasteiger partial charge in [0.15, 0.2) is 16.3 Å². The summed E-state index contributed by atoms with van der Waals surface area (Å²) in [5.41, 5.74) is -0.279. The number of benzene rings is 1. The number of hydrogen-bond donors (Lipinski definition) is 3. The highest BCUT2D eigenvalue weighted by molar-refractivity contribution is 7.99. The van der Waals surface area contributed by atoms with Crippen LogP contribution < -0.4 is 11.2 Å². The molecule has 0 amide bonds. The number of hydrogen-bond acceptors (Lipinski definition) is 5. The Morgan fingerprint density at radius 3 is 2.64 bits per heavy atom. The van der Waals surface area contributed by atoms with Crippen LogP contribution in [-0.2, 0) is 11.3 Å². The van der Waals surface area contributed by atoms with Gasteiger partial charge in [0.25, 0.3) is 5.56 Å². The van der Waals surface area contributed by atoms with E-state index in [2.05, 4.69) is 15.0 Å². The lowest BCUT2D eigenvalue weighted by molar-refractivity contribution is -0.136. The first kappa shape index (κ1) is 17.0. The smallest absolute Gasteiger partial charge is 0.330 e. The van der Waals surface area contributed by atoms with E-state index in [9.17, 15) is 18.8 Å². The van der Waals surface area contributed by atoms with Crippen molar-refractivity contribution in [3.63, 3.8) is 0 Å². The van der Waals surface area contributed by atoms with Crippen LogP contribution in [0.2, 0.25) is 0 Å². The van der Waals surface area contributed by atoms with Crippen molar-refractivity contribution in [3.05, 3.63) is 56.5 Å². The number of rotatable bonds is 6. The molecule has 10 heteroatoms. The number of H-pyrrole nitrogens is 2. The van der Waals surface area contributed by atoms with Crippen molar-refractivity contribution >= 4 is 28.9 Å². The highest BCUT2D eigenvalue weighted by atomic mass is 32.2. The molecular formula is C15H13FN4O4S. The zero-order valence-electron chi connectivity index (χ0n) is 12.8. The Morgan fingerprint density at radius 2 is 1.96 bits per heavy atom. The van der Waals surface area contributed by atoms with Crippen LogP contribution in [-0.4, -0.2) is 36.3 Å². The van der Waals surface area contributed by atoms with Crippen LogP contribution in [0.15, 0.2) is 39.0 Å². The molecule has 0 saturated heterocycles. The second kappa shape index (κ2) is 6.93. The first-order chi connectivity index (χ1) is 11.9. The molecule has 0 spiro atoms. The quantitative estimate of drug-likeness (QED) is 0.565. The van der Waals surface area contributed by atoms with Gasteiger partial charge in [-0.25, -0.2) is 14.2 Å². The molecule has 25 heavy (non-hydrogen) atoms. The molecule has 0 unspecified atom stereocenters. The molecule has 0 aliphatic rings. The van der Waals surface area contributed by atoms with Crippen LogP contribution in [0.5, 0.6) is 0 Å². The minimum absolute atomic E-state index is 0.0551. The van der Waals surface area contributed by atoms with Crippen molar-refractivity contribution in [1.29, 1.82) is 0 Å². The monoisotopic (exact) mass is 364 g/mol. The van der Waals surface area contributed by atoms with E-state index in [4.69, 9.17) is 5.11 Å². The number of aromatic amines is 2. The molecule has 0 radical (unpaired) electrons. The number of aromatic nitrogens is 4. The lowest BCUT2D eigenvalue weighted by atomic mass is 10.2. The number of carbonyl (C=O) groups is 1. The van der Waals surface area contributed by atoms with Crippen molar-refractivity contribution in [2.24, 2.45) is 0 Å². The van der Waals surface area contributed by atoms with Crippen molar-refractivity contribution < 1.29 is 14.3 Å². The predicted molar refractivity (Wildman–Crippen MR) is 89.5 cm³/mol. The lowest BCUT2D eigenvalue weighted by Crippen LogP contribution is -2.30. The second-order valence-electron chi connectivity index (χ2n) is 5.20. The van der Waals surface area contributed by atoms with E-state index in [1.807, 2.05) is 0 Å². The summed E-state index contributed by atoms with van der Waals surface area (Å²) in [7, 11) is 0. The third-order valence-electron chi connectivity index (χ3n) is 3.42. The van der Waals surface area contributed by atoms with Crippen molar-refractivity contribution in [1.82, 2.24) is 19.5 Å². The summed E-state index contributed by atoms with van der Waals surface area (Å²) in [4.78, 5) is 43.9. The first-order valence-electron chi connectivity index (χ1n) is 7.26. The maximum atomic E-state index is 13.0. The van der Waals surface area contributed by atoms with Crippen LogP contribution in [0.3, 0.4) is 0 Å². The van der Waals surface area contributed by atoms with Crippen LogP contribution in [0, 0.1) is 5.82 Å². The molecule has 0 bridgehead atoms. The fraction of sp³-hybridized carbons (Fsp3) is 0.200. The zero-order valence-corrected chi connectivity index (χ0v) is 13.6. The maximum absolute atomic E-state index is 13.0. The average molecular weight is 364 g/mol. The average Bonchev–Trinajstić information content (AvgIpc) is 2.97. The van der Waals surface area contributed by atoms with Crippen LogP contribution in [0.25, 0.3) is 11.2 Å². The third-order valence-corrected chi connectivity index (χ3v) is 4.30. The molecule has 2 heterocycles. The van der Waals surface area contributed by atoms with Crippen LogP contribution in [0.4, 0.5) is 4.39 Å². The fourth-order valence-corrected chi connectivity index (χ4v) is 3.04. The summed E-state index contributed by atoms with van der Waals surface area (Å²) >= 11 is 1.14. The molecule has 3 rings (SSSR count). The third kappa shape index (κ3) is 3.79. The SMILES string of the molecule is O=C(O)CCSc1nc2c([nH]1)c(=O)[nH]c(=O)n2Cc1ccc(F)cc1. The van der Waals surface area contributed by atoms with Gasteiger partial charge in [-0.2, -0.15) is 0 Å². The molecule has 0 saturated carbocycles. The van der Waals surface area contributed by atoms with E-state index in [-0.39, 0.29) is 35.7 Å². The molecule has 3 aromatic rings. The molecule has 130 valence electrons. The normalized spacial score (nSPS) is 11.1. The van der Waals surface area contributed by atoms with Gasteiger partial charge >= 0.3 is 11.7 Å². The van der Waals surface area contributed by atoms with E-state index in [0.29, 0.717) is 10.7 Å². The number of carboxylic acid groups (broad SMARTS) is 1. The lowest BCUT2D eigenvalue weighted by Gasteiger charge is -2.05. The van der Waals surface area contributed by atoms with Crippen LogP contribution in [0.1, 0.15) is 12.0 Å². The summed E-state index contributed by atoms with van der Waals surface area (Å²) in [5, 5.41) is 9.02. The Morgan fingerprint density at radius 1 is 1.24 bits per heavy atom. The van der Waals surface area contributed by atoms with E-state index >= 15 is 0 Å². The molecule has 0 atom stereocenters. The largest absolute Gasteiger partial charge is 0.481 e. The molecule has 8 nitrogen and oxygen atoms in total. The number of nitrogens with one attached hydrogen (secondary N) is 2. The van der Waals surface area contributed by atoms with Gasteiger partial charge in [-0.3, -0.25) is 19.1 Å². The van der Waals surface area contributed by atoms with Crippen molar-refractivity contribution in [2.45, 2.75) is 18.1 Å². The van der Waals surface area contributed by atoms with Gasteiger partial charge in [-0.1, -0.05) is 23.9 Å². The van der Waals surface area contributed by atoms with E-state index in [1.54, 1.807) is 0 Å². The van der Waals surface area contributed by atoms with E-state index in [1.165, 1.54) is 28.8 Å². The molecule has 0 aliphatic carbocycles. The number of thioether (sulfide) groups is 1. The van der Waals surface area contributed by atoms with Crippen LogP contribution >= 0.6 is 11.8 Å². The van der Waals surface area contributed by atoms with Gasteiger partial charge in [0.05, 0.1) is 13.0 Å². The zero-order chi connectivity index (χ0) is 18.0. The Bertz CT molecular complexity index is 1040. The second-order valence-corrected chi connectivity index (χ2v) is 6.29. The number of nitrogens with zero attached hydrogens (tertiary/aromatic N) is 2. The number of imidazole rings is 1. The maximum Gasteiger partial charge on any atom is 0.330 e. The van der Waals surface area contributed by atoms with Gasteiger partial charge in [0.1, 0.15) is 5.82 Å². The highest BCUT2D eigenvalue weighted by Crippen LogP contribution is 2.18. The summed E-state index contributed by atoms with van der Waals surface area (Å²) in [5.74, 6) is -1.05. The summed E-state index contributed by atoms with van der Waals surface area (Å²) in [6.45, 7) is 0.108. The Kier molecular flexibility index (Phi) is 4.70. The predicted octanol–water partition coefficient (Wildman–Crippen LogP) is 1.17. The first-order valence-corrected chi connectivity index (χ1v) is 8.24. The fourth-order valence-electron chi connectivity index (χ4n) is 2.24. The van der Waals surface area contributed by atoms with Gasteiger partial charge < -0.3 is 10.1 Å². The topological polar surface area (TPSA) is 121 Å². The molecule has 0 fully saturated rings. The van der Waals surface area contributed by atoms with Gasteiger partial charge in [0, 0.05) is 5.75 Å². The number of aliphatic carboxylic acids is 1.